The topological polar surface area (TPSA) is 24.9 Å². The predicted octanol–water partition coefficient (Wildman–Crippen LogP) is 5.53. The van der Waals surface area contributed by atoms with E-state index in [1.165, 1.54) is 6.07 Å². The zero-order valence-corrected chi connectivity index (χ0v) is 12.5. The number of benzene rings is 2. The second-order valence-electron chi connectivity index (χ2n) is 4.27. The van der Waals surface area contributed by atoms with E-state index in [-0.39, 0.29) is 5.02 Å². The molecule has 0 bridgehead atoms. The lowest BCUT2D eigenvalue weighted by molar-refractivity contribution is 0.628. The Morgan fingerprint density at radius 3 is 2.75 bits per heavy atom. The number of fused-ring (bicyclic) bond motifs is 1. The SMILES string of the molecule is Fc1ccc(Nc2ccnc3ccc(Br)cc23)cc1Cl. The maximum absolute atomic E-state index is 13.2. The Hall–Kier alpha value is -1.65. The second-order valence-corrected chi connectivity index (χ2v) is 5.60. The fourth-order valence-electron chi connectivity index (χ4n) is 1.96. The molecule has 100 valence electrons. The Balaban J connectivity index is 2.05. The van der Waals surface area contributed by atoms with Crippen LogP contribution in [-0.4, -0.2) is 4.98 Å². The minimum atomic E-state index is -0.431. The summed E-state index contributed by atoms with van der Waals surface area (Å²) in [7, 11) is 0. The number of anilines is 2. The van der Waals surface area contributed by atoms with Gasteiger partial charge in [-0.1, -0.05) is 27.5 Å². The first-order chi connectivity index (χ1) is 9.63. The molecule has 0 saturated carbocycles. The van der Waals surface area contributed by atoms with E-state index in [4.69, 9.17) is 11.6 Å². The highest BCUT2D eigenvalue weighted by Crippen LogP contribution is 2.29. The lowest BCUT2D eigenvalue weighted by Gasteiger charge is -2.10. The third kappa shape index (κ3) is 2.62. The number of hydrogen-bond acceptors (Lipinski definition) is 2. The van der Waals surface area contributed by atoms with E-state index in [1.807, 2.05) is 24.3 Å². The molecule has 2 aromatic carbocycles. The normalized spacial score (nSPS) is 10.8. The zero-order valence-electron chi connectivity index (χ0n) is 10.2. The van der Waals surface area contributed by atoms with E-state index >= 15 is 0 Å². The summed E-state index contributed by atoms with van der Waals surface area (Å²) in [6, 6.07) is 12.3. The Morgan fingerprint density at radius 2 is 1.95 bits per heavy atom. The van der Waals surface area contributed by atoms with Gasteiger partial charge in [0.2, 0.25) is 0 Å². The standard InChI is InChI=1S/C15H9BrClFN2/c16-9-1-4-14-11(7-9)15(5-6-19-14)20-10-2-3-13(18)12(17)8-10/h1-8H,(H,19,20). The third-order valence-corrected chi connectivity index (χ3v) is 3.69. The highest BCUT2D eigenvalue weighted by Gasteiger charge is 2.05. The molecule has 1 N–H and O–H groups in total. The molecule has 0 fully saturated rings. The van der Waals surface area contributed by atoms with Crippen molar-refractivity contribution in [2.24, 2.45) is 0 Å². The lowest BCUT2D eigenvalue weighted by atomic mass is 10.2. The molecule has 1 aromatic heterocycles. The van der Waals surface area contributed by atoms with Gasteiger partial charge >= 0.3 is 0 Å². The van der Waals surface area contributed by atoms with Crippen LogP contribution in [0.15, 0.2) is 53.1 Å². The maximum atomic E-state index is 13.2. The van der Waals surface area contributed by atoms with Gasteiger partial charge in [0.1, 0.15) is 5.82 Å². The Labute approximate surface area is 128 Å². The van der Waals surface area contributed by atoms with Gasteiger partial charge in [-0.2, -0.15) is 0 Å². The third-order valence-electron chi connectivity index (χ3n) is 2.90. The number of nitrogens with one attached hydrogen (secondary N) is 1. The van der Waals surface area contributed by atoms with E-state index in [9.17, 15) is 4.39 Å². The largest absolute Gasteiger partial charge is 0.355 e. The molecule has 1 heterocycles. The van der Waals surface area contributed by atoms with Crippen LogP contribution in [0.5, 0.6) is 0 Å². The molecule has 0 saturated heterocycles. The maximum Gasteiger partial charge on any atom is 0.141 e. The molecule has 3 rings (SSSR count). The van der Waals surface area contributed by atoms with E-state index < -0.39 is 5.82 Å². The Morgan fingerprint density at radius 1 is 1.10 bits per heavy atom. The Kier molecular flexibility index (Phi) is 3.59. The van der Waals surface area contributed by atoms with Gasteiger partial charge in [-0.15, -0.1) is 0 Å². The first kappa shape index (κ1) is 13.3. The average Bonchev–Trinajstić information content (AvgIpc) is 2.44. The quantitative estimate of drug-likeness (QED) is 0.656. The average molecular weight is 352 g/mol. The molecule has 0 radical (unpaired) electrons. The number of hydrogen-bond donors (Lipinski definition) is 1. The molecule has 0 atom stereocenters. The molecule has 0 amide bonds. The molecular formula is C15H9BrClFN2. The van der Waals surface area contributed by atoms with Gasteiger partial charge in [-0.3, -0.25) is 4.98 Å². The zero-order chi connectivity index (χ0) is 14.1. The molecule has 5 heteroatoms. The van der Waals surface area contributed by atoms with Crippen LogP contribution in [0.1, 0.15) is 0 Å². The van der Waals surface area contributed by atoms with E-state index in [2.05, 4.69) is 26.2 Å². The van der Waals surface area contributed by atoms with Crippen LogP contribution in [0.2, 0.25) is 5.02 Å². The summed E-state index contributed by atoms with van der Waals surface area (Å²) in [4.78, 5) is 4.31. The smallest absolute Gasteiger partial charge is 0.141 e. The number of pyridine rings is 1. The summed E-state index contributed by atoms with van der Waals surface area (Å²) in [6.45, 7) is 0. The van der Waals surface area contributed by atoms with Crippen LogP contribution in [0.4, 0.5) is 15.8 Å². The summed E-state index contributed by atoms with van der Waals surface area (Å²) in [5, 5.41) is 4.30. The summed E-state index contributed by atoms with van der Waals surface area (Å²) in [5.41, 5.74) is 2.49. The van der Waals surface area contributed by atoms with Crippen LogP contribution in [0.3, 0.4) is 0 Å². The first-order valence-corrected chi connectivity index (χ1v) is 7.07. The van der Waals surface area contributed by atoms with Crippen molar-refractivity contribution in [1.29, 1.82) is 0 Å². The van der Waals surface area contributed by atoms with Gasteiger partial charge in [0.25, 0.3) is 0 Å². The first-order valence-electron chi connectivity index (χ1n) is 5.90. The summed E-state index contributed by atoms with van der Waals surface area (Å²) < 4.78 is 14.1. The van der Waals surface area contributed by atoms with Gasteiger partial charge in [0, 0.05) is 27.4 Å². The number of halogens is 3. The Bertz CT molecular complexity index is 792. The minimum absolute atomic E-state index is 0.0922. The monoisotopic (exact) mass is 350 g/mol. The summed E-state index contributed by atoms with van der Waals surface area (Å²) in [6.07, 6.45) is 1.73. The molecule has 3 aromatic rings. The molecular weight excluding hydrogens is 343 g/mol. The molecule has 0 aliphatic heterocycles. The van der Waals surface area contributed by atoms with Gasteiger partial charge in [0.05, 0.1) is 10.5 Å². The van der Waals surface area contributed by atoms with Crippen molar-refractivity contribution in [3.05, 3.63) is 64.0 Å². The molecule has 20 heavy (non-hydrogen) atoms. The molecule has 2 nitrogen and oxygen atoms in total. The van der Waals surface area contributed by atoms with Crippen molar-refractivity contribution >= 4 is 49.8 Å². The highest BCUT2D eigenvalue weighted by atomic mass is 79.9. The highest BCUT2D eigenvalue weighted by molar-refractivity contribution is 9.10. The van der Waals surface area contributed by atoms with Crippen LogP contribution in [0, 0.1) is 5.82 Å². The molecule has 0 aliphatic rings. The van der Waals surface area contributed by atoms with Crippen LogP contribution in [-0.2, 0) is 0 Å². The van der Waals surface area contributed by atoms with Crippen LogP contribution >= 0.6 is 27.5 Å². The van der Waals surface area contributed by atoms with Crippen molar-refractivity contribution in [3.63, 3.8) is 0 Å². The van der Waals surface area contributed by atoms with E-state index in [0.29, 0.717) is 0 Å². The van der Waals surface area contributed by atoms with Gasteiger partial charge in [0.15, 0.2) is 0 Å². The van der Waals surface area contributed by atoms with Crippen LogP contribution in [0.25, 0.3) is 10.9 Å². The molecule has 0 unspecified atom stereocenters. The lowest BCUT2D eigenvalue weighted by Crippen LogP contribution is -1.93. The predicted molar refractivity (Wildman–Crippen MR) is 84.1 cm³/mol. The van der Waals surface area contributed by atoms with Crippen molar-refractivity contribution in [2.75, 3.05) is 5.32 Å². The van der Waals surface area contributed by atoms with Crippen molar-refractivity contribution in [3.8, 4) is 0 Å². The van der Waals surface area contributed by atoms with E-state index in [1.54, 1.807) is 18.3 Å². The fourth-order valence-corrected chi connectivity index (χ4v) is 2.50. The van der Waals surface area contributed by atoms with Crippen molar-refractivity contribution in [2.45, 2.75) is 0 Å². The molecule has 0 aliphatic carbocycles. The van der Waals surface area contributed by atoms with Gasteiger partial charge < -0.3 is 5.32 Å². The van der Waals surface area contributed by atoms with Crippen molar-refractivity contribution in [1.82, 2.24) is 4.98 Å². The van der Waals surface area contributed by atoms with Crippen molar-refractivity contribution < 1.29 is 4.39 Å². The molecule has 0 spiro atoms. The summed E-state index contributed by atoms with van der Waals surface area (Å²) in [5.74, 6) is -0.431. The fraction of sp³-hybridized carbons (Fsp3) is 0. The van der Waals surface area contributed by atoms with Crippen LogP contribution < -0.4 is 5.32 Å². The van der Waals surface area contributed by atoms with E-state index in [0.717, 1.165) is 26.8 Å². The number of nitrogens with zero attached hydrogens (tertiary/aromatic N) is 1. The second kappa shape index (κ2) is 5.38. The summed E-state index contributed by atoms with van der Waals surface area (Å²) >= 11 is 9.24. The number of aromatic nitrogens is 1. The number of rotatable bonds is 2. The van der Waals surface area contributed by atoms with Gasteiger partial charge in [-0.25, -0.2) is 4.39 Å². The van der Waals surface area contributed by atoms with Gasteiger partial charge in [-0.05, 0) is 42.5 Å². The minimum Gasteiger partial charge on any atom is -0.355 e.